The van der Waals surface area contributed by atoms with Crippen LogP contribution in [0.1, 0.15) is 34.6 Å². The second-order valence-electron chi connectivity index (χ2n) is 5.40. The maximum Gasteiger partial charge on any atom is 0.424 e. The maximum absolute atomic E-state index is 12.7. The van der Waals surface area contributed by atoms with E-state index in [-0.39, 0.29) is 13.1 Å². The van der Waals surface area contributed by atoms with Gasteiger partial charge in [-0.25, -0.2) is 0 Å². The lowest BCUT2D eigenvalue weighted by Crippen LogP contribution is -2.46. The standard InChI is InChI=1S/C11H20F6NOPS/c1-6-18(7-2)20(21,9(3,4)5)19-8(10(12,13)14)11(15,16)17/h8H,6-7H2,1-5H3. The Labute approximate surface area is 126 Å². The molecule has 0 aromatic heterocycles. The van der Waals surface area contributed by atoms with Crippen molar-refractivity contribution in [2.45, 2.75) is 58.2 Å². The Kier molecular flexibility index (Phi) is 6.77. The van der Waals surface area contributed by atoms with Gasteiger partial charge in [0.1, 0.15) is 6.42 Å². The molecule has 0 heterocycles. The summed E-state index contributed by atoms with van der Waals surface area (Å²) in [5.74, 6) is 0. The zero-order chi connectivity index (χ0) is 17.3. The molecular weight excluding hydrogens is 339 g/mol. The van der Waals surface area contributed by atoms with Gasteiger partial charge in [-0.2, -0.15) is 26.3 Å². The SMILES string of the molecule is CCN(CC)P(=S)(OC(C(F)(F)F)C(F)(F)F)C(C)(C)C. The molecule has 1 unspecified atom stereocenters. The van der Waals surface area contributed by atoms with E-state index < -0.39 is 30.0 Å². The van der Waals surface area contributed by atoms with Crippen LogP contribution in [-0.2, 0) is 16.3 Å². The van der Waals surface area contributed by atoms with Gasteiger partial charge in [0.15, 0.2) is 0 Å². The molecule has 0 fully saturated rings. The molecule has 0 aliphatic carbocycles. The normalized spacial score (nSPS) is 17.4. The lowest BCUT2D eigenvalue weighted by Gasteiger charge is -2.44. The minimum Gasteiger partial charge on any atom is -0.315 e. The predicted molar refractivity (Wildman–Crippen MR) is 73.9 cm³/mol. The number of rotatable bonds is 5. The van der Waals surface area contributed by atoms with E-state index in [2.05, 4.69) is 4.52 Å². The first kappa shape index (κ1) is 21.1. The van der Waals surface area contributed by atoms with Gasteiger partial charge in [-0.15, -0.1) is 0 Å². The fraction of sp³-hybridized carbons (Fsp3) is 1.00. The summed E-state index contributed by atoms with van der Waals surface area (Å²) in [5.41, 5.74) is 0. The zero-order valence-electron chi connectivity index (χ0n) is 12.5. The Bertz CT molecular complexity index is 372. The molecule has 0 radical (unpaired) electrons. The van der Waals surface area contributed by atoms with Crippen LogP contribution in [0.2, 0.25) is 0 Å². The first-order valence-electron chi connectivity index (χ1n) is 6.28. The van der Waals surface area contributed by atoms with Crippen LogP contribution in [0.5, 0.6) is 0 Å². The highest BCUT2D eigenvalue weighted by atomic mass is 32.4. The van der Waals surface area contributed by atoms with Crippen LogP contribution >= 0.6 is 6.42 Å². The van der Waals surface area contributed by atoms with Gasteiger partial charge < -0.3 is 4.52 Å². The fourth-order valence-corrected chi connectivity index (χ4v) is 5.21. The molecule has 0 aromatic rings. The van der Waals surface area contributed by atoms with E-state index in [4.69, 9.17) is 11.8 Å². The van der Waals surface area contributed by atoms with E-state index in [1.165, 1.54) is 25.4 Å². The van der Waals surface area contributed by atoms with Crippen LogP contribution in [-0.4, -0.2) is 41.4 Å². The van der Waals surface area contributed by atoms with Crippen LogP contribution in [0.25, 0.3) is 0 Å². The van der Waals surface area contributed by atoms with E-state index in [1.807, 2.05) is 0 Å². The molecule has 0 amide bonds. The summed E-state index contributed by atoms with van der Waals surface area (Å²) in [4.78, 5) is 0. The van der Waals surface area contributed by atoms with Gasteiger partial charge >= 0.3 is 12.4 Å². The second kappa shape index (κ2) is 6.72. The molecule has 0 aliphatic heterocycles. The Morgan fingerprint density at radius 2 is 1.29 bits per heavy atom. The Hall–Kier alpha value is 0.150. The number of nitrogens with zero attached hydrogens (tertiary/aromatic N) is 1. The molecule has 0 aromatic carbocycles. The first-order chi connectivity index (χ1) is 9.11. The van der Waals surface area contributed by atoms with Crippen molar-refractivity contribution in [2.24, 2.45) is 0 Å². The van der Waals surface area contributed by atoms with Gasteiger partial charge in [0.2, 0.25) is 0 Å². The first-order valence-corrected chi connectivity index (χ1v) is 8.96. The second-order valence-corrected chi connectivity index (χ2v) is 10.0. The van der Waals surface area contributed by atoms with Crippen molar-refractivity contribution >= 4 is 18.2 Å². The topological polar surface area (TPSA) is 12.5 Å². The molecule has 0 aliphatic rings. The van der Waals surface area contributed by atoms with Crippen LogP contribution in [0.15, 0.2) is 0 Å². The molecule has 21 heavy (non-hydrogen) atoms. The molecule has 128 valence electrons. The smallest absolute Gasteiger partial charge is 0.315 e. The van der Waals surface area contributed by atoms with Crippen molar-refractivity contribution in [1.29, 1.82) is 0 Å². The largest absolute Gasteiger partial charge is 0.424 e. The van der Waals surface area contributed by atoms with Gasteiger partial charge in [0, 0.05) is 18.2 Å². The van der Waals surface area contributed by atoms with Gasteiger partial charge in [-0.1, -0.05) is 34.6 Å². The van der Waals surface area contributed by atoms with Gasteiger partial charge in [-0.05, 0) is 11.8 Å². The summed E-state index contributed by atoms with van der Waals surface area (Å²) in [6, 6.07) is 0. The zero-order valence-corrected chi connectivity index (χ0v) is 14.2. The monoisotopic (exact) mass is 359 g/mol. The third kappa shape index (κ3) is 5.08. The summed E-state index contributed by atoms with van der Waals surface area (Å²) < 4.78 is 82.2. The van der Waals surface area contributed by atoms with E-state index in [0.717, 1.165) is 0 Å². The van der Waals surface area contributed by atoms with Crippen molar-refractivity contribution in [1.82, 2.24) is 4.67 Å². The molecule has 0 saturated carbocycles. The Morgan fingerprint density at radius 3 is 1.48 bits per heavy atom. The maximum atomic E-state index is 12.7. The van der Waals surface area contributed by atoms with Crippen molar-refractivity contribution < 1.29 is 30.9 Å². The van der Waals surface area contributed by atoms with Crippen LogP contribution < -0.4 is 0 Å². The highest BCUT2D eigenvalue weighted by Crippen LogP contribution is 2.64. The summed E-state index contributed by atoms with van der Waals surface area (Å²) in [6.07, 6.45) is -18.5. The average molecular weight is 359 g/mol. The van der Waals surface area contributed by atoms with Crippen molar-refractivity contribution in [2.75, 3.05) is 13.1 Å². The van der Waals surface area contributed by atoms with Gasteiger partial charge in [0.05, 0.1) is 0 Å². The minimum atomic E-state index is -5.55. The van der Waals surface area contributed by atoms with Crippen molar-refractivity contribution in [3.63, 3.8) is 0 Å². The predicted octanol–water partition coefficient (Wildman–Crippen LogP) is 4.95. The highest BCUT2D eigenvalue weighted by Gasteiger charge is 2.61. The molecule has 10 heteroatoms. The van der Waals surface area contributed by atoms with E-state index in [9.17, 15) is 26.3 Å². The van der Waals surface area contributed by atoms with E-state index in [0.29, 0.717) is 0 Å². The third-order valence-electron chi connectivity index (χ3n) is 2.79. The highest BCUT2D eigenvalue weighted by molar-refractivity contribution is 8.11. The van der Waals surface area contributed by atoms with Gasteiger partial charge in [-0.3, -0.25) is 4.67 Å². The molecule has 0 bridgehead atoms. The summed E-state index contributed by atoms with van der Waals surface area (Å²) in [7, 11) is 0. The summed E-state index contributed by atoms with van der Waals surface area (Å²) in [6.45, 7) is 8.16. The number of halogens is 6. The van der Waals surface area contributed by atoms with Crippen LogP contribution in [0.3, 0.4) is 0 Å². The molecule has 0 N–H and O–H groups in total. The third-order valence-corrected chi connectivity index (χ3v) is 8.89. The molecule has 2 nitrogen and oxygen atoms in total. The van der Waals surface area contributed by atoms with Crippen molar-refractivity contribution in [3.05, 3.63) is 0 Å². The Balaban J connectivity index is 5.85. The van der Waals surface area contributed by atoms with E-state index >= 15 is 0 Å². The van der Waals surface area contributed by atoms with Crippen LogP contribution in [0.4, 0.5) is 26.3 Å². The minimum absolute atomic E-state index is 0.216. The quantitative estimate of drug-likeness (QED) is 0.509. The summed E-state index contributed by atoms with van der Waals surface area (Å²) >= 11 is 5.19. The van der Waals surface area contributed by atoms with Crippen molar-refractivity contribution in [3.8, 4) is 0 Å². The van der Waals surface area contributed by atoms with Gasteiger partial charge in [0.25, 0.3) is 6.10 Å². The summed E-state index contributed by atoms with van der Waals surface area (Å²) in [5, 5.41) is -1.02. The lowest BCUT2D eigenvalue weighted by atomic mass is 10.3. The molecule has 0 rings (SSSR count). The number of hydrogen-bond donors (Lipinski definition) is 0. The average Bonchev–Trinajstić information content (AvgIpc) is 2.22. The fourth-order valence-electron chi connectivity index (χ4n) is 1.69. The molecule has 0 spiro atoms. The lowest BCUT2D eigenvalue weighted by molar-refractivity contribution is -0.299. The molecule has 0 saturated heterocycles. The van der Waals surface area contributed by atoms with Crippen LogP contribution in [0, 0.1) is 0 Å². The number of alkyl halides is 6. The van der Waals surface area contributed by atoms with E-state index in [1.54, 1.807) is 13.8 Å². The Morgan fingerprint density at radius 1 is 0.952 bits per heavy atom. The molecule has 1 atom stereocenters. The number of hydrogen-bond acceptors (Lipinski definition) is 2. The molecular formula is C11H20F6NOPS.